The van der Waals surface area contributed by atoms with E-state index >= 15 is 0 Å². The van der Waals surface area contributed by atoms with E-state index in [1.165, 1.54) is 18.2 Å². The number of imidazole rings is 1. The summed E-state index contributed by atoms with van der Waals surface area (Å²) in [5.74, 6) is -0.0187. The molecule has 2 aromatic heterocycles. The Balaban J connectivity index is 1.53. The van der Waals surface area contributed by atoms with Crippen LogP contribution in [-0.4, -0.2) is 26.9 Å². The van der Waals surface area contributed by atoms with Crippen molar-refractivity contribution in [3.8, 4) is 10.7 Å². The molecule has 9 heteroatoms. The molecule has 0 atom stereocenters. The summed E-state index contributed by atoms with van der Waals surface area (Å²) in [6, 6.07) is 16.7. The summed E-state index contributed by atoms with van der Waals surface area (Å²) in [6.07, 6.45) is 0.512. The molecule has 7 nitrogen and oxygen atoms in total. The van der Waals surface area contributed by atoms with E-state index < -0.39 is 4.92 Å². The van der Waals surface area contributed by atoms with Gasteiger partial charge in [-0.05, 0) is 42.3 Å². The molecule has 0 aliphatic heterocycles. The summed E-state index contributed by atoms with van der Waals surface area (Å²) in [5, 5.41) is 13.9. The van der Waals surface area contributed by atoms with Crippen molar-refractivity contribution in [3.05, 3.63) is 82.2 Å². The molecule has 30 heavy (non-hydrogen) atoms. The lowest BCUT2D eigenvalue weighted by molar-refractivity contribution is -0.380. The zero-order chi connectivity index (χ0) is 21.1. The molecule has 0 saturated carbocycles. The molecule has 2 heterocycles. The van der Waals surface area contributed by atoms with E-state index in [2.05, 4.69) is 10.3 Å². The number of carbonyl (C=O) groups is 1. The first kappa shape index (κ1) is 19.7. The fraction of sp³-hybridized carbons (Fsp3) is 0.143. The molecule has 0 saturated heterocycles. The number of halogens is 1. The highest BCUT2D eigenvalue weighted by Crippen LogP contribution is 2.34. The molecule has 0 fully saturated rings. The average Bonchev–Trinajstić information content (AvgIpc) is 3.34. The number of thiophene rings is 1. The maximum atomic E-state index is 13.3. The highest BCUT2D eigenvalue weighted by atomic mass is 32.1. The third-order valence-electron chi connectivity index (χ3n) is 4.57. The van der Waals surface area contributed by atoms with Crippen LogP contribution in [0.15, 0.2) is 60.7 Å². The number of nitro groups is 1. The quantitative estimate of drug-likeness (QED) is 0.356. The second kappa shape index (κ2) is 8.42. The van der Waals surface area contributed by atoms with E-state index in [-0.39, 0.29) is 23.3 Å². The Kier molecular flexibility index (Phi) is 5.53. The lowest BCUT2D eigenvalue weighted by atomic mass is 10.1. The van der Waals surface area contributed by atoms with Gasteiger partial charge in [0.05, 0.1) is 20.8 Å². The number of carbonyl (C=O) groups excluding carboxylic acids is 1. The largest absolute Gasteiger partial charge is 0.354 e. The van der Waals surface area contributed by atoms with Gasteiger partial charge in [0.1, 0.15) is 12.4 Å². The average molecular weight is 424 g/mol. The molecule has 0 unspecified atom stereocenters. The van der Waals surface area contributed by atoms with Crippen molar-refractivity contribution >= 4 is 33.3 Å². The molecular weight excluding hydrogens is 407 g/mol. The van der Waals surface area contributed by atoms with Gasteiger partial charge in [0.2, 0.25) is 5.91 Å². The monoisotopic (exact) mass is 424 g/mol. The summed E-state index contributed by atoms with van der Waals surface area (Å²) >= 11 is 1.02. The maximum Gasteiger partial charge on any atom is 0.324 e. The maximum absolute atomic E-state index is 13.3. The zero-order valence-corrected chi connectivity index (χ0v) is 16.6. The number of benzene rings is 2. The number of hydrogen-bond donors (Lipinski definition) is 1. The van der Waals surface area contributed by atoms with Gasteiger partial charge in [0.15, 0.2) is 5.82 Å². The lowest BCUT2D eigenvalue weighted by Crippen LogP contribution is -2.29. The Hall–Kier alpha value is -3.59. The van der Waals surface area contributed by atoms with Crippen LogP contribution in [-0.2, 0) is 17.8 Å². The van der Waals surface area contributed by atoms with E-state index in [9.17, 15) is 19.3 Å². The van der Waals surface area contributed by atoms with Crippen LogP contribution in [0.4, 0.5) is 9.39 Å². The number of aromatic nitrogens is 2. The molecule has 2 aromatic carbocycles. The SMILES string of the molecule is O=C(Cn1c(-c2ccc([N+](=O)[O-])s2)nc2ccccc21)NCCc1cccc(F)c1. The van der Waals surface area contributed by atoms with Crippen LogP contribution in [0, 0.1) is 15.9 Å². The number of amides is 1. The minimum atomic E-state index is -0.444. The van der Waals surface area contributed by atoms with Gasteiger partial charge in [-0.1, -0.05) is 35.6 Å². The highest BCUT2D eigenvalue weighted by molar-refractivity contribution is 7.18. The number of hydrogen-bond acceptors (Lipinski definition) is 5. The summed E-state index contributed by atoms with van der Waals surface area (Å²) in [6.45, 7) is 0.388. The topological polar surface area (TPSA) is 90.1 Å². The molecule has 4 rings (SSSR count). The van der Waals surface area contributed by atoms with Crippen LogP contribution in [0.5, 0.6) is 0 Å². The van der Waals surface area contributed by atoms with Crippen molar-refractivity contribution in [1.82, 2.24) is 14.9 Å². The standard InChI is InChI=1S/C21H17FN4O3S/c22-15-5-3-4-14(12-15)10-11-23-19(27)13-25-17-7-2-1-6-16(17)24-21(25)18-8-9-20(30-18)26(28)29/h1-9,12H,10-11,13H2,(H,23,27). The minimum Gasteiger partial charge on any atom is -0.354 e. The van der Waals surface area contributed by atoms with Gasteiger partial charge in [0.25, 0.3) is 0 Å². The van der Waals surface area contributed by atoms with Crippen molar-refractivity contribution in [2.75, 3.05) is 6.54 Å². The molecule has 0 aliphatic rings. The van der Waals surface area contributed by atoms with Crippen LogP contribution in [0.1, 0.15) is 5.56 Å². The van der Waals surface area contributed by atoms with E-state index in [4.69, 9.17) is 0 Å². The third-order valence-corrected chi connectivity index (χ3v) is 5.61. The first-order chi connectivity index (χ1) is 14.5. The Morgan fingerprint density at radius 2 is 2.00 bits per heavy atom. The lowest BCUT2D eigenvalue weighted by Gasteiger charge is -2.09. The summed E-state index contributed by atoms with van der Waals surface area (Å²) in [7, 11) is 0. The van der Waals surface area contributed by atoms with Gasteiger partial charge in [-0.15, -0.1) is 0 Å². The Morgan fingerprint density at radius 3 is 2.77 bits per heavy atom. The van der Waals surface area contributed by atoms with Gasteiger partial charge < -0.3 is 9.88 Å². The number of rotatable bonds is 7. The Bertz CT molecular complexity index is 1230. The second-order valence-corrected chi connectivity index (χ2v) is 7.70. The third kappa shape index (κ3) is 4.20. The van der Waals surface area contributed by atoms with Crippen LogP contribution in [0.2, 0.25) is 0 Å². The molecule has 1 N–H and O–H groups in total. The molecule has 0 aliphatic carbocycles. The Labute approximate surface area is 174 Å². The Morgan fingerprint density at radius 1 is 1.17 bits per heavy atom. The smallest absolute Gasteiger partial charge is 0.324 e. The van der Waals surface area contributed by atoms with Gasteiger partial charge in [-0.2, -0.15) is 0 Å². The number of nitrogens with zero attached hydrogens (tertiary/aromatic N) is 3. The minimum absolute atomic E-state index is 0.0168. The number of nitrogens with one attached hydrogen (secondary N) is 1. The van der Waals surface area contributed by atoms with Crippen molar-refractivity contribution < 1.29 is 14.1 Å². The van der Waals surface area contributed by atoms with E-state index in [1.54, 1.807) is 22.8 Å². The van der Waals surface area contributed by atoms with Crippen molar-refractivity contribution in [3.63, 3.8) is 0 Å². The van der Waals surface area contributed by atoms with Crippen LogP contribution >= 0.6 is 11.3 Å². The molecule has 1 amide bonds. The number of fused-ring (bicyclic) bond motifs is 1. The van der Waals surface area contributed by atoms with Crippen molar-refractivity contribution in [2.24, 2.45) is 0 Å². The fourth-order valence-electron chi connectivity index (χ4n) is 3.21. The molecule has 0 spiro atoms. The predicted octanol–water partition coefficient (Wildman–Crippen LogP) is 4.17. The van der Waals surface area contributed by atoms with Crippen LogP contribution < -0.4 is 5.32 Å². The zero-order valence-electron chi connectivity index (χ0n) is 15.7. The summed E-state index contributed by atoms with van der Waals surface area (Å²) < 4.78 is 15.0. The molecular formula is C21H17FN4O3S. The van der Waals surface area contributed by atoms with Gasteiger partial charge in [-0.25, -0.2) is 9.37 Å². The molecule has 0 bridgehead atoms. The highest BCUT2D eigenvalue weighted by Gasteiger charge is 2.19. The van der Waals surface area contributed by atoms with E-state index in [0.717, 1.165) is 22.4 Å². The van der Waals surface area contributed by atoms with E-state index in [0.29, 0.717) is 29.2 Å². The molecule has 0 radical (unpaired) electrons. The normalized spacial score (nSPS) is 11.0. The predicted molar refractivity (Wildman–Crippen MR) is 113 cm³/mol. The van der Waals surface area contributed by atoms with Gasteiger partial charge in [0, 0.05) is 12.6 Å². The first-order valence-electron chi connectivity index (χ1n) is 9.22. The number of para-hydroxylation sites is 2. The summed E-state index contributed by atoms with van der Waals surface area (Å²) in [5.41, 5.74) is 2.27. The summed E-state index contributed by atoms with van der Waals surface area (Å²) in [4.78, 5) is 28.4. The first-order valence-corrected chi connectivity index (χ1v) is 10.0. The van der Waals surface area contributed by atoms with Gasteiger partial charge in [-0.3, -0.25) is 14.9 Å². The van der Waals surface area contributed by atoms with E-state index in [1.807, 2.05) is 24.3 Å². The second-order valence-electron chi connectivity index (χ2n) is 6.64. The van der Waals surface area contributed by atoms with Crippen molar-refractivity contribution in [1.29, 1.82) is 0 Å². The van der Waals surface area contributed by atoms with Crippen LogP contribution in [0.25, 0.3) is 21.7 Å². The molecule has 152 valence electrons. The fourth-order valence-corrected chi connectivity index (χ4v) is 4.03. The van der Waals surface area contributed by atoms with Crippen molar-refractivity contribution in [2.45, 2.75) is 13.0 Å². The van der Waals surface area contributed by atoms with Gasteiger partial charge >= 0.3 is 5.00 Å². The molecule has 4 aromatic rings. The van der Waals surface area contributed by atoms with Crippen LogP contribution in [0.3, 0.4) is 0 Å².